The van der Waals surface area contributed by atoms with E-state index in [2.05, 4.69) is 0 Å². The Morgan fingerprint density at radius 1 is 1.12 bits per heavy atom. The Balaban J connectivity index is 1.57. The molecule has 0 aromatic heterocycles. The first-order chi connectivity index (χ1) is 16.2. The highest BCUT2D eigenvalue weighted by atomic mass is 35.5. The SMILES string of the molecule is Cc1ccc(Sc2ccc(C=C3SC(=O)N(Cc4ccc(F)cc4Cl)C3=O)cc2[N+](=O)[O-])cc1. The summed E-state index contributed by atoms with van der Waals surface area (Å²) in [6.45, 7) is 1.86. The molecule has 0 saturated carbocycles. The Kier molecular flexibility index (Phi) is 7.06. The molecule has 3 aromatic carbocycles. The fraction of sp³-hybridized carbons (Fsp3) is 0.0833. The highest BCUT2D eigenvalue weighted by molar-refractivity contribution is 8.18. The van der Waals surface area contributed by atoms with Crippen molar-refractivity contribution in [2.45, 2.75) is 23.3 Å². The van der Waals surface area contributed by atoms with Gasteiger partial charge in [-0.25, -0.2) is 4.39 Å². The minimum absolute atomic E-state index is 0.100. The van der Waals surface area contributed by atoms with Crippen LogP contribution in [0, 0.1) is 22.9 Å². The number of nitro groups is 1. The zero-order valence-electron chi connectivity index (χ0n) is 17.7. The molecule has 0 aliphatic carbocycles. The molecule has 4 rings (SSSR count). The van der Waals surface area contributed by atoms with Crippen molar-refractivity contribution >= 4 is 58.0 Å². The van der Waals surface area contributed by atoms with Gasteiger partial charge < -0.3 is 0 Å². The van der Waals surface area contributed by atoms with Crippen molar-refractivity contribution in [1.82, 2.24) is 4.90 Å². The number of rotatable bonds is 6. The predicted octanol–water partition coefficient (Wildman–Crippen LogP) is 7.08. The third-order valence-electron chi connectivity index (χ3n) is 4.94. The number of amides is 2. The zero-order chi connectivity index (χ0) is 24.4. The number of benzene rings is 3. The average molecular weight is 515 g/mol. The van der Waals surface area contributed by atoms with Crippen LogP contribution in [-0.2, 0) is 11.3 Å². The third kappa shape index (κ3) is 5.32. The number of nitrogens with zero attached hydrogens (tertiary/aromatic N) is 2. The molecule has 1 aliphatic rings. The lowest BCUT2D eigenvalue weighted by molar-refractivity contribution is -0.387. The van der Waals surface area contributed by atoms with Crippen molar-refractivity contribution in [1.29, 1.82) is 0 Å². The van der Waals surface area contributed by atoms with E-state index in [9.17, 15) is 24.1 Å². The smallest absolute Gasteiger partial charge is 0.268 e. The molecule has 1 heterocycles. The molecule has 1 fully saturated rings. The van der Waals surface area contributed by atoms with Gasteiger partial charge in [-0.1, -0.05) is 53.2 Å². The van der Waals surface area contributed by atoms with E-state index in [0.717, 1.165) is 33.2 Å². The molecule has 172 valence electrons. The van der Waals surface area contributed by atoms with Gasteiger partial charge in [0.1, 0.15) is 5.82 Å². The van der Waals surface area contributed by atoms with Gasteiger partial charge in [0.25, 0.3) is 16.8 Å². The summed E-state index contributed by atoms with van der Waals surface area (Å²) in [6, 6.07) is 16.0. The van der Waals surface area contributed by atoms with Crippen LogP contribution in [-0.4, -0.2) is 21.0 Å². The van der Waals surface area contributed by atoms with E-state index in [1.165, 1.54) is 36.0 Å². The second kappa shape index (κ2) is 10.0. The number of aryl methyl sites for hydroxylation is 1. The van der Waals surface area contributed by atoms with E-state index in [-0.39, 0.29) is 22.2 Å². The molecule has 0 atom stereocenters. The van der Waals surface area contributed by atoms with E-state index >= 15 is 0 Å². The number of hydrogen-bond donors (Lipinski definition) is 0. The number of halogens is 2. The normalized spacial score (nSPS) is 14.8. The summed E-state index contributed by atoms with van der Waals surface area (Å²) in [5.41, 5.74) is 1.84. The van der Waals surface area contributed by atoms with Crippen molar-refractivity contribution in [3.8, 4) is 0 Å². The summed E-state index contributed by atoms with van der Waals surface area (Å²) in [6.07, 6.45) is 1.45. The standard InChI is InChI=1S/C24H16ClFN2O4S2/c1-14-2-7-18(8-3-14)33-21-9-4-15(10-20(21)28(31)32)11-22-23(29)27(24(30)34-22)13-16-5-6-17(26)12-19(16)25/h2-12H,13H2,1H3. The van der Waals surface area contributed by atoms with E-state index in [1.807, 2.05) is 31.2 Å². The first kappa shape index (κ1) is 24.0. The Morgan fingerprint density at radius 3 is 2.53 bits per heavy atom. The number of thioether (sulfide) groups is 1. The molecule has 0 unspecified atom stereocenters. The fourth-order valence-corrected chi connectivity index (χ4v) is 5.16. The predicted molar refractivity (Wildman–Crippen MR) is 131 cm³/mol. The van der Waals surface area contributed by atoms with Crippen LogP contribution in [0.5, 0.6) is 0 Å². The molecule has 0 N–H and O–H groups in total. The Hall–Kier alpha value is -3.14. The van der Waals surface area contributed by atoms with Gasteiger partial charge >= 0.3 is 0 Å². The Labute approximate surface area is 207 Å². The van der Waals surface area contributed by atoms with Gasteiger partial charge in [-0.15, -0.1) is 0 Å². The Bertz CT molecular complexity index is 1350. The van der Waals surface area contributed by atoms with Gasteiger partial charge in [0.05, 0.1) is 21.3 Å². The van der Waals surface area contributed by atoms with Crippen molar-refractivity contribution in [2.75, 3.05) is 0 Å². The lowest BCUT2D eigenvalue weighted by atomic mass is 10.1. The summed E-state index contributed by atoms with van der Waals surface area (Å²) in [4.78, 5) is 38.9. The highest BCUT2D eigenvalue weighted by Crippen LogP contribution is 2.38. The summed E-state index contributed by atoms with van der Waals surface area (Å²) in [7, 11) is 0. The fourth-order valence-electron chi connectivity index (χ4n) is 3.19. The number of nitro benzene ring substituents is 1. The Morgan fingerprint density at radius 2 is 1.85 bits per heavy atom. The maximum Gasteiger partial charge on any atom is 0.293 e. The number of carbonyl (C=O) groups excluding carboxylic acids is 2. The lowest BCUT2D eigenvalue weighted by Gasteiger charge is -2.13. The highest BCUT2D eigenvalue weighted by Gasteiger charge is 2.35. The van der Waals surface area contributed by atoms with Crippen molar-refractivity contribution in [3.05, 3.63) is 103 Å². The number of imide groups is 1. The molecule has 2 amide bonds. The monoisotopic (exact) mass is 514 g/mol. The second-order valence-corrected chi connectivity index (χ2v) is 9.92. The molecule has 0 spiro atoms. The third-order valence-corrected chi connectivity index (χ3v) is 7.28. The maximum absolute atomic E-state index is 13.3. The molecule has 1 aliphatic heterocycles. The average Bonchev–Trinajstić information content (AvgIpc) is 3.05. The summed E-state index contributed by atoms with van der Waals surface area (Å²) >= 11 is 8.03. The number of carbonyl (C=O) groups is 2. The largest absolute Gasteiger partial charge is 0.293 e. The molecule has 0 bridgehead atoms. The molecule has 3 aromatic rings. The molecule has 34 heavy (non-hydrogen) atoms. The van der Waals surface area contributed by atoms with Crippen LogP contribution in [0.4, 0.5) is 14.9 Å². The van der Waals surface area contributed by atoms with Crippen LogP contribution in [0.15, 0.2) is 75.4 Å². The van der Waals surface area contributed by atoms with Gasteiger partial charge in [0.2, 0.25) is 0 Å². The molecular weight excluding hydrogens is 499 g/mol. The topological polar surface area (TPSA) is 80.5 Å². The molecular formula is C24H16ClFN2O4S2. The van der Waals surface area contributed by atoms with E-state index in [1.54, 1.807) is 12.1 Å². The van der Waals surface area contributed by atoms with E-state index < -0.39 is 21.9 Å². The minimum atomic E-state index is -0.545. The zero-order valence-corrected chi connectivity index (χ0v) is 20.0. The van der Waals surface area contributed by atoms with Gasteiger partial charge in [-0.3, -0.25) is 24.6 Å². The van der Waals surface area contributed by atoms with Crippen LogP contribution in [0.2, 0.25) is 5.02 Å². The van der Waals surface area contributed by atoms with Gasteiger partial charge in [0, 0.05) is 16.0 Å². The minimum Gasteiger partial charge on any atom is -0.268 e. The first-order valence-corrected chi connectivity index (χ1v) is 11.9. The van der Waals surface area contributed by atoms with Gasteiger partial charge in [0.15, 0.2) is 0 Å². The van der Waals surface area contributed by atoms with Crippen molar-refractivity contribution < 1.29 is 18.9 Å². The lowest BCUT2D eigenvalue weighted by Crippen LogP contribution is -2.27. The van der Waals surface area contributed by atoms with E-state index in [0.29, 0.717) is 16.0 Å². The van der Waals surface area contributed by atoms with Crippen LogP contribution in [0.25, 0.3) is 6.08 Å². The number of hydrogen-bond acceptors (Lipinski definition) is 6. The van der Waals surface area contributed by atoms with Crippen LogP contribution < -0.4 is 0 Å². The maximum atomic E-state index is 13.3. The van der Waals surface area contributed by atoms with Crippen LogP contribution in [0.1, 0.15) is 16.7 Å². The van der Waals surface area contributed by atoms with Crippen LogP contribution in [0.3, 0.4) is 0 Å². The van der Waals surface area contributed by atoms with Crippen molar-refractivity contribution in [2.24, 2.45) is 0 Å². The van der Waals surface area contributed by atoms with Gasteiger partial charge in [-0.05, 0) is 66.2 Å². The van der Waals surface area contributed by atoms with E-state index in [4.69, 9.17) is 11.6 Å². The molecule has 6 nitrogen and oxygen atoms in total. The van der Waals surface area contributed by atoms with Gasteiger partial charge in [-0.2, -0.15) is 0 Å². The first-order valence-electron chi connectivity index (χ1n) is 9.93. The summed E-state index contributed by atoms with van der Waals surface area (Å²) < 4.78 is 13.3. The summed E-state index contributed by atoms with van der Waals surface area (Å²) in [5.74, 6) is -1.07. The molecule has 0 radical (unpaired) electrons. The molecule has 10 heteroatoms. The van der Waals surface area contributed by atoms with Crippen molar-refractivity contribution in [3.63, 3.8) is 0 Å². The second-order valence-electron chi connectivity index (χ2n) is 7.40. The summed E-state index contributed by atoms with van der Waals surface area (Å²) in [5, 5.41) is 11.3. The molecule has 1 saturated heterocycles. The van der Waals surface area contributed by atoms with Crippen LogP contribution >= 0.6 is 35.1 Å². The quantitative estimate of drug-likeness (QED) is 0.198.